The van der Waals surface area contributed by atoms with Crippen LogP contribution in [0.15, 0.2) is 65.6 Å². The summed E-state index contributed by atoms with van der Waals surface area (Å²) >= 11 is 0. The first-order valence-corrected chi connectivity index (χ1v) is 6.94. The van der Waals surface area contributed by atoms with Crippen LogP contribution in [0.25, 0.3) is 0 Å². The van der Waals surface area contributed by atoms with E-state index in [4.69, 9.17) is 4.55 Å². The largest absolute Gasteiger partial charge is 1.00 e. The van der Waals surface area contributed by atoms with Gasteiger partial charge in [-0.05, 0) is 19.1 Å². The number of carbonyl (C=O) groups is 1. The molecule has 0 amide bonds. The van der Waals surface area contributed by atoms with Crippen LogP contribution in [0.1, 0.15) is 18.7 Å². The maximum atomic E-state index is 10.6. The van der Waals surface area contributed by atoms with E-state index >= 15 is 0 Å². The number of hydrogen-bond donors (Lipinski definition) is 1. The quantitative estimate of drug-likeness (QED) is 0.479. The summed E-state index contributed by atoms with van der Waals surface area (Å²) in [5, 5.41) is 0. The Morgan fingerprint density at radius 2 is 1.35 bits per heavy atom. The second-order valence-electron chi connectivity index (χ2n) is 3.71. The molecule has 0 atom stereocenters. The predicted molar refractivity (Wildman–Crippen MR) is 73.8 cm³/mol. The summed E-state index contributed by atoms with van der Waals surface area (Å²) < 4.78 is 29.2. The van der Waals surface area contributed by atoms with Gasteiger partial charge in [0.25, 0.3) is 10.1 Å². The zero-order chi connectivity index (χ0) is 14.3. The summed E-state index contributed by atoms with van der Waals surface area (Å²) in [4.78, 5) is 10.6. The minimum atomic E-state index is -4.00. The monoisotopic (exact) mass is 302 g/mol. The fourth-order valence-corrected chi connectivity index (χ4v) is 1.77. The van der Waals surface area contributed by atoms with Crippen molar-refractivity contribution in [3.05, 3.63) is 66.2 Å². The summed E-state index contributed by atoms with van der Waals surface area (Å²) in [6.45, 7) is 1.56. The van der Waals surface area contributed by atoms with E-state index < -0.39 is 10.1 Å². The van der Waals surface area contributed by atoms with Crippen molar-refractivity contribution in [2.45, 2.75) is 11.8 Å². The van der Waals surface area contributed by atoms with Crippen LogP contribution in [0.2, 0.25) is 0 Å². The molecule has 6 heteroatoms. The molecule has 0 radical (unpaired) electrons. The molecule has 0 unspecified atom stereocenters. The topological polar surface area (TPSA) is 71.4 Å². The third-order valence-electron chi connectivity index (χ3n) is 2.22. The third-order valence-corrected chi connectivity index (χ3v) is 3.09. The average Bonchev–Trinajstić information content (AvgIpc) is 2.40. The SMILES string of the molecule is CC(=O)c1ccccc1.O=S(=O)(O)c1ccccc1.[H-].[Na+]. The molecule has 0 bridgehead atoms. The van der Waals surface area contributed by atoms with Gasteiger partial charge in [-0.2, -0.15) is 8.42 Å². The van der Waals surface area contributed by atoms with Crippen LogP contribution < -0.4 is 29.6 Å². The Hall–Kier alpha value is -0.980. The van der Waals surface area contributed by atoms with Crippen LogP contribution in [-0.2, 0) is 10.1 Å². The molecule has 20 heavy (non-hydrogen) atoms. The Labute approximate surface area is 142 Å². The van der Waals surface area contributed by atoms with Gasteiger partial charge >= 0.3 is 29.6 Å². The Balaban J connectivity index is 0. The minimum absolute atomic E-state index is 0. The van der Waals surface area contributed by atoms with Crippen molar-refractivity contribution in [2.75, 3.05) is 0 Å². The maximum Gasteiger partial charge on any atom is 1.00 e. The molecule has 2 aromatic rings. The third kappa shape index (κ3) is 6.98. The van der Waals surface area contributed by atoms with E-state index in [0.29, 0.717) is 0 Å². The van der Waals surface area contributed by atoms with Gasteiger partial charge in [-0.3, -0.25) is 9.35 Å². The standard InChI is InChI=1S/C8H8O.C6H6O3S.Na.H/c1-7(9)8-5-3-2-4-6-8;7-10(8,9)6-4-2-1-3-5-6;;/h2-6H,1H3;1-5H,(H,7,8,9);;/q;;+1;-1. The minimum Gasteiger partial charge on any atom is -1.00 e. The Morgan fingerprint density at radius 1 is 0.950 bits per heavy atom. The van der Waals surface area contributed by atoms with Crippen molar-refractivity contribution in [3.63, 3.8) is 0 Å². The van der Waals surface area contributed by atoms with Crippen molar-refractivity contribution in [2.24, 2.45) is 0 Å². The number of carbonyl (C=O) groups excluding carboxylic acids is 1. The van der Waals surface area contributed by atoms with Gasteiger partial charge in [0.2, 0.25) is 0 Å². The van der Waals surface area contributed by atoms with E-state index in [1.54, 1.807) is 25.1 Å². The Morgan fingerprint density at radius 3 is 1.60 bits per heavy atom. The van der Waals surface area contributed by atoms with E-state index in [1.165, 1.54) is 12.1 Å². The van der Waals surface area contributed by atoms with Crippen molar-refractivity contribution in [1.29, 1.82) is 0 Å². The molecule has 0 heterocycles. The average molecular weight is 302 g/mol. The maximum absolute atomic E-state index is 10.6. The second-order valence-corrected chi connectivity index (χ2v) is 5.13. The van der Waals surface area contributed by atoms with Gasteiger partial charge in [0.05, 0.1) is 4.90 Å². The van der Waals surface area contributed by atoms with Crippen LogP contribution >= 0.6 is 0 Å². The van der Waals surface area contributed by atoms with Crippen LogP contribution in [0.5, 0.6) is 0 Å². The second kappa shape index (κ2) is 9.05. The first-order chi connectivity index (χ1) is 8.91. The molecule has 1 N–H and O–H groups in total. The zero-order valence-corrected chi connectivity index (χ0v) is 14.2. The van der Waals surface area contributed by atoms with Gasteiger partial charge in [0.1, 0.15) is 0 Å². The zero-order valence-electron chi connectivity index (χ0n) is 12.4. The number of Topliss-reactive ketones (excluding diaryl/α,β-unsaturated/α-hetero) is 1. The fourth-order valence-electron chi connectivity index (χ4n) is 1.27. The summed E-state index contributed by atoms with van der Waals surface area (Å²) in [6, 6.07) is 16.6. The molecule has 0 aromatic heterocycles. The number of rotatable bonds is 2. The summed E-state index contributed by atoms with van der Waals surface area (Å²) in [7, 11) is -4.00. The van der Waals surface area contributed by atoms with Gasteiger partial charge in [0.15, 0.2) is 5.78 Å². The van der Waals surface area contributed by atoms with Crippen LogP contribution in [-0.4, -0.2) is 18.8 Å². The number of hydrogen-bond acceptors (Lipinski definition) is 3. The molecular weight excluding hydrogens is 287 g/mol. The van der Waals surface area contributed by atoms with E-state index in [1.807, 2.05) is 30.3 Å². The molecule has 102 valence electrons. The molecule has 0 spiro atoms. The summed E-state index contributed by atoms with van der Waals surface area (Å²) in [5.74, 6) is 0.121. The molecular formula is C14H15NaO4S. The van der Waals surface area contributed by atoms with E-state index in [0.717, 1.165) is 5.56 Å². The molecule has 0 fully saturated rings. The Kier molecular flexibility index (Phi) is 8.60. The molecule has 2 aromatic carbocycles. The van der Waals surface area contributed by atoms with Gasteiger partial charge in [0, 0.05) is 5.56 Å². The van der Waals surface area contributed by atoms with Crippen molar-refractivity contribution >= 4 is 15.9 Å². The van der Waals surface area contributed by atoms with E-state index in [2.05, 4.69) is 0 Å². The summed E-state index contributed by atoms with van der Waals surface area (Å²) in [5.41, 5.74) is 0.775. The van der Waals surface area contributed by atoms with Gasteiger partial charge in [-0.15, -0.1) is 0 Å². The molecule has 0 aliphatic carbocycles. The van der Waals surface area contributed by atoms with E-state index in [-0.39, 0.29) is 41.7 Å². The van der Waals surface area contributed by atoms with Crippen LogP contribution in [0, 0.1) is 0 Å². The molecule has 4 nitrogen and oxygen atoms in total. The first-order valence-electron chi connectivity index (χ1n) is 5.50. The molecule has 0 aliphatic rings. The molecule has 0 aliphatic heterocycles. The normalized spacial score (nSPS) is 9.70. The van der Waals surface area contributed by atoms with Crippen LogP contribution in [0.4, 0.5) is 0 Å². The van der Waals surface area contributed by atoms with E-state index in [9.17, 15) is 13.2 Å². The smallest absolute Gasteiger partial charge is 1.00 e. The summed E-state index contributed by atoms with van der Waals surface area (Å²) in [6.07, 6.45) is 0. The van der Waals surface area contributed by atoms with Gasteiger partial charge in [-0.1, -0.05) is 48.5 Å². The fraction of sp³-hybridized carbons (Fsp3) is 0.0714. The molecule has 0 saturated heterocycles. The van der Waals surface area contributed by atoms with Crippen molar-refractivity contribution < 1.29 is 48.7 Å². The molecule has 2 rings (SSSR count). The Bertz CT molecular complexity index is 631. The predicted octanol–water partition coefficient (Wildman–Crippen LogP) is -0.0610. The number of benzene rings is 2. The first kappa shape index (κ1) is 19.0. The van der Waals surface area contributed by atoms with Crippen molar-refractivity contribution in [1.82, 2.24) is 0 Å². The van der Waals surface area contributed by atoms with Crippen LogP contribution in [0.3, 0.4) is 0 Å². The van der Waals surface area contributed by atoms with Gasteiger partial charge in [-0.25, -0.2) is 0 Å². The van der Waals surface area contributed by atoms with Gasteiger partial charge < -0.3 is 1.43 Å². The van der Waals surface area contributed by atoms with Crippen molar-refractivity contribution in [3.8, 4) is 0 Å². The number of ketones is 1. The molecule has 0 saturated carbocycles.